The molecule has 0 atom stereocenters. The molecule has 144 valence electrons. The number of nitrogens with two attached hydrogens (primary N) is 2. The van der Waals surface area contributed by atoms with Gasteiger partial charge in [0.15, 0.2) is 0 Å². The Kier molecular flexibility index (Phi) is 7.18. The summed E-state index contributed by atoms with van der Waals surface area (Å²) in [6.45, 7) is 2.15. The summed E-state index contributed by atoms with van der Waals surface area (Å²) < 4.78 is 35.3. The third kappa shape index (κ3) is 7.78. The second-order valence-electron chi connectivity index (χ2n) is 5.71. The van der Waals surface area contributed by atoms with Gasteiger partial charge in [0.05, 0.1) is 6.61 Å². The molecule has 0 saturated heterocycles. The van der Waals surface area contributed by atoms with Gasteiger partial charge in [-0.25, -0.2) is 0 Å². The van der Waals surface area contributed by atoms with Gasteiger partial charge < -0.3 is 20.4 Å². The summed E-state index contributed by atoms with van der Waals surface area (Å²) in [5.74, 6) is 0.369. The van der Waals surface area contributed by atoms with Crippen LogP contribution in [0.2, 0.25) is 0 Å². The van der Waals surface area contributed by atoms with Gasteiger partial charge in [-0.3, -0.25) is 0 Å². The van der Waals surface area contributed by atoms with E-state index in [0.29, 0.717) is 24.3 Å². The fourth-order valence-electron chi connectivity index (χ4n) is 2.19. The van der Waals surface area contributed by atoms with Crippen molar-refractivity contribution >= 4 is 22.3 Å². The van der Waals surface area contributed by atoms with Gasteiger partial charge in [0.2, 0.25) is 5.96 Å². The minimum Gasteiger partial charge on any atom is -0.493 e. The Morgan fingerprint density at radius 2 is 1.81 bits per heavy atom. The van der Waals surface area contributed by atoms with E-state index in [4.69, 9.17) is 20.4 Å². The smallest absolute Gasteiger partial charge is 0.313 e. The van der Waals surface area contributed by atoms with Gasteiger partial charge in [-0.05, 0) is 30.2 Å². The van der Waals surface area contributed by atoms with E-state index in [2.05, 4.69) is 10.2 Å². The van der Waals surface area contributed by atoms with Crippen molar-refractivity contribution in [2.75, 3.05) is 6.61 Å². The molecule has 0 fully saturated rings. The van der Waals surface area contributed by atoms with E-state index in [1.807, 2.05) is 13.0 Å². The molecule has 0 bridgehead atoms. The Bertz CT molecular complexity index is 908. The SMILES string of the molecule is Cc1cc(OCCC=NN=C(N)N)cc(OS(=O)(=O)Cc2ccccc2)c1. The van der Waals surface area contributed by atoms with E-state index in [1.54, 1.807) is 36.4 Å². The number of hydrogen-bond donors (Lipinski definition) is 2. The minimum atomic E-state index is -3.78. The standard InChI is InChI=1S/C18H22N4O4S/c1-14-10-16(25-9-5-8-21-22-18(19)20)12-17(11-14)26-27(23,24)13-15-6-3-2-4-7-15/h2-4,6-8,10-12H,5,9,13H2,1H3,(H4,19,20,22). The molecule has 0 saturated carbocycles. The fraction of sp³-hybridized carbons (Fsp3) is 0.222. The van der Waals surface area contributed by atoms with E-state index in [-0.39, 0.29) is 17.5 Å². The van der Waals surface area contributed by atoms with Crippen LogP contribution in [0.3, 0.4) is 0 Å². The van der Waals surface area contributed by atoms with E-state index in [9.17, 15) is 8.42 Å². The molecule has 0 unspecified atom stereocenters. The molecule has 0 amide bonds. The molecule has 0 spiro atoms. The molecule has 9 heteroatoms. The molecule has 2 aromatic rings. The maximum Gasteiger partial charge on any atom is 0.313 e. The quantitative estimate of drug-likeness (QED) is 0.221. The molecular formula is C18H22N4O4S. The van der Waals surface area contributed by atoms with Gasteiger partial charge in [-0.1, -0.05) is 30.3 Å². The molecule has 8 nitrogen and oxygen atoms in total. The van der Waals surface area contributed by atoms with Gasteiger partial charge >= 0.3 is 10.1 Å². The Morgan fingerprint density at radius 3 is 2.52 bits per heavy atom. The number of rotatable bonds is 9. The average Bonchev–Trinajstić information content (AvgIpc) is 2.57. The van der Waals surface area contributed by atoms with E-state index >= 15 is 0 Å². The Balaban J connectivity index is 1.97. The molecule has 0 aliphatic carbocycles. The van der Waals surface area contributed by atoms with E-state index in [0.717, 1.165) is 5.56 Å². The first-order valence-corrected chi connectivity index (χ1v) is 9.73. The molecule has 27 heavy (non-hydrogen) atoms. The second kappa shape index (κ2) is 9.58. The number of nitrogens with zero attached hydrogens (tertiary/aromatic N) is 2. The summed E-state index contributed by atoms with van der Waals surface area (Å²) in [6, 6.07) is 13.8. The van der Waals surface area contributed by atoms with Crippen molar-refractivity contribution in [3.63, 3.8) is 0 Å². The second-order valence-corrected chi connectivity index (χ2v) is 7.28. The maximum absolute atomic E-state index is 12.3. The van der Waals surface area contributed by atoms with Crippen LogP contribution in [0.25, 0.3) is 0 Å². The molecule has 4 N–H and O–H groups in total. The lowest BCUT2D eigenvalue weighted by Crippen LogP contribution is -2.21. The zero-order chi connectivity index (χ0) is 19.7. The molecular weight excluding hydrogens is 368 g/mol. The van der Waals surface area contributed by atoms with Crippen LogP contribution in [-0.2, 0) is 15.9 Å². The van der Waals surface area contributed by atoms with Crippen LogP contribution >= 0.6 is 0 Å². The van der Waals surface area contributed by atoms with Crippen molar-refractivity contribution in [3.05, 3.63) is 59.7 Å². The van der Waals surface area contributed by atoms with Crippen LogP contribution in [0, 0.1) is 6.92 Å². The van der Waals surface area contributed by atoms with Gasteiger partial charge in [-0.15, -0.1) is 5.10 Å². The third-order valence-corrected chi connectivity index (χ3v) is 4.34. The highest BCUT2D eigenvalue weighted by atomic mass is 32.2. The Morgan fingerprint density at radius 1 is 1.11 bits per heavy atom. The first kappa shape index (κ1) is 20.2. The highest BCUT2D eigenvalue weighted by Gasteiger charge is 2.15. The summed E-state index contributed by atoms with van der Waals surface area (Å²) in [5, 5.41) is 7.13. The Labute approximate surface area is 158 Å². The monoisotopic (exact) mass is 390 g/mol. The average molecular weight is 390 g/mol. The van der Waals surface area contributed by atoms with E-state index < -0.39 is 10.1 Å². The molecule has 0 radical (unpaired) electrons. The lowest BCUT2D eigenvalue weighted by Gasteiger charge is -2.11. The molecule has 2 rings (SSSR count). The molecule has 0 aliphatic rings. The van der Waals surface area contributed by atoms with Gasteiger partial charge in [0, 0.05) is 18.7 Å². The highest BCUT2D eigenvalue weighted by Crippen LogP contribution is 2.24. The summed E-state index contributed by atoms with van der Waals surface area (Å²) in [5.41, 5.74) is 11.8. The van der Waals surface area contributed by atoms with Crippen molar-refractivity contribution in [2.24, 2.45) is 21.7 Å². The highest BCUT2D eigenvalue weighted by molar-refractivity contribution is 7.86. The number of guanidine groups is 1. The van der Waals surface area contributed by atoms with Crippen LogP contribution in [0.4, 0.5) is 0 Å². The van der Waals surface area contributed by atoms with Gasteiger partial charge in [-0.2, -0.15) is 13.5 Å². The third-order valence-electron chi connectivity index (χ3n) is 3.20. The summed E-state index contributed by atoms with van der Waals surface area (Å²) in [7, 11) is -3.78. The molecule has 0 aromatic heterocycles. The normalized spacial score (nSPS) is 11.3. The van der Waals surface area contributed by atoms with Crippen LogP contribution in [0.1, 0.15) is 17.5 Å². The van der Waals surface area contributed by atoms with Crippen LogP contribution in [-0.4, -0.2) is 27.2 Å². The van der Waals surface area contributed by atoms with Crippen LogP contribution in [0.5, 0.6) is 11.5 Å². The van der Waals surface area contributed by atoms with Crippen molar-refractivity contribution in [1.29, 1.82) is 0 Å². The largest absolute Gasteiger partial charge is 0.493 e. The predicted molar refractivity (Wildman–Crippen MR) is 105 cm³/mol. The maximum atomic E-state index is 12.3. The lowest BCUT2D eigenvalue weighted by molar-refractivity contribution is 0.329. The first-order valence-electron chi connectivity index (χ1n) is 8.15. The van der Waals surface area contributed by atoms with E-state index in [1.165, 1.54) is 12.3 Å². The zero-order valence-corrected chi connectivity index (χ0v) is 15.7. The van der Waals surface area contributed by atoms with Gasteiger partial charge in [0.25, 0.3) is 0 Å². The van der Waals surface area contributed by atoms with Crippen molar-refractivity contribution in [3.8, 4) is 11.5 Å². The van der Waals surface area contributed by atoms with Crippen LogP contribution < -0.4 is 20.4 Å². The fourth-order valence-corrected chi connectivity index (χ4v) is 3.24. The van der Waals surface area contributed by atoms with Gasteiger partial charge in [0.1, 0.15) is 17.3 Å². The molecule has 0 heterocycles. The van der Waals surface area contributed by atoms with Crippen molar-refractivity contribution in [1.82, 2.24) is 0 Å². The summed E-state index contributed by atoms with van der Waals surface area (Å²) in [4.78, 5) is 0. The first-order chi connectivity index (χ1) is 12.8. The van der Waals surface area contributed by atoms with Crippen molar-refractivity contribution in [2.45, 2.75) is 19.1 Å². The molecule has 0 aliphatic heterocycles. The number of benzene rings is 2. The summed E-state index contributed by atoms with van der Waals surface area (Å²) >= 11 is 0. The van der Waals surface area contributed by atoms with Crippen LogP contribution in [0.15, 0.2) is 58.7 Å². The topological polar surface area (TPSA) is 129 Å². The predicted octanol–water partition coefficient (Wildman–Crippen LogP) is 1.93. The minimum absolute atomic E-state index is 0.121. The zero-order valence-electron chi connectivity index (χ0n) is 14.9. The lowest BCUT2D eigenvalue weighted by atomic mass is 10.2. The molecule has 2 aromatic carbocycles. The number of aryl methyl sites for hydroxylation is 1. The number of ether oxygens (including phenoxy) is 1. The number of hydrogen-bond acceptors (Lipinski definition) is 6. The summed E-state index contributed by atoms with van der Waals surface area (Å²) in [6.07, 6.45) is 1.99. The van der Waals surface area contributed by atoms with Crippen molar-refractivity contribution < 1.29 is 17.3 Å². The Hall–Kier alpha value is -3.07.